The molecule has 0 aliphatic heterocycles. The average Bonchev–Trinajstić information content (AvgIpc) is 3.09. The Bertz CT molecular complexity index is 705. The van der Waals surface area contributed by atoms with Crippen molar-refractivity contribution in [2.24, 2.45) is 0 Å². The highest BCUT2D eigenvalue weighted by molar-refractivity contribution is 5.89. The minimum absolute atomic E-state index is 0.0536. The van der Waals surface area contributed by atoms with Gasteiger partial charge in [-0.2, -0.15) is 4.98 Å². The third-order valence-corrected chi connectivity index (χ3v) is 3.77. The summed E-state index contributed by atoms with van der Waals surface area (Å²) in [6.45, 7) is 1.81. The van der Waals surface area contributed by atoms with Crippen LogP contribution in [0.1, 0.15) is 24.3 Å². The quantitative estimate of drug-likeness (QED) is 0.870. The molecule has 6 heteroatoms. The lowest BCUT2D eigenvalue weighted by atomic mass is 10.1. The molecule has 0 spiro atoms. The first-order valence-electron chi connectivity index (χ1n) is 6.76. The largest absolute Gasteiger partial charge is 0.348 e. The van der Waals surface area contributed by atoms with Crippen molar-refractivity contribution in [2.75, 3.05) is 14.1 Å². The summed E-state index contributed by atoms with van der Waals surface area (Å²) in [5.41, 5.74) is 0.390. The summed E-state index contributed by atoms with van der Waals surface area (Å²) in [5.74, 6) is 0.00437. The summed E-state index contributed by atoms with van der Waals surface area (Å²) >= 11 is 0. The van der Waals surface area contributed by atoms with Crippen LogP contribution in [0.15, 0.2) is 22.7 Å². The summed E-state index contributed by atoms with van der Waals surface area (Å²) in [6.07, 6.45) is 1.37. The van der Waals surface area contributed by atoms with Gasteiger partial charge in [0.15, 0.2) is 0 Å². The second-order valence-electron chi connectivity index (χ2n) is 5.69. The molecule has 1 fully saturated rings. The zero-order chi connectivity index (χ0) is 15.2. The maximum atomic E-state index is 13.9. The number of likely N-dealkylation sites (N-methyl/N-ethyl adjacent to an activating group) is 1. The van der Waals surface area contributed by atoms with Gasteiger partial charge in [-0.1, -0.05) is 11.2 Å². The van der Waals surface area contributed by atoms with Gasteiger partial charge >= 0.3 is 0 Å². The molecule has 1 saturated carbocycles. The number of halogens is 1. The molecular formula is C15H16FN3O2. The fraction of sp³-hybridized carbons (Fsp3) is 0.400. The number of benzene rings is 1. The molecule has 1 aliphatic rings. The monoisotopic (exact) mass is 289 g/mol. The molecule has 110 valence electrons. The first-order chi connectivity index (χ1) is 9.94. The Morgan fingerprint density at radius 2 is 2.10 bits per heavy atom. The van der Waals surface area contributed by atoms with E-state index in [0.717, 1.165) is 5.56 Å². The maximum absolute atomic E-state index is 13.9. The summed E-state index contributed by atoms with van der Waals surface area (Å²) in [6, 6.07) is 4.82. The number of aromatic nitrogens is 2. The SMILES string of the molecule is Cc1ccc(-c2noc(C3(C(=O)N(C)C)CC3)n2)c(F)c1. The first-order valence-corrected chi connectivity index (χ1v) is 6.76. The number of hydrogen-bond acceptors (Lipinski definition) is 4. The fourth-order valence-electron chi connectivity index (χ4n) is 2.40. The van der Waals surface area contributed by atoms with E-state index < -0.39 is 11.2 Å². The van der Waals surface area contributed by atoms with Crippen LogP contribution < -0.4 is 0 Å². The van der Waals surface area contributed by atoms with Gasteiger partial charge in [-0.3, -0.25) is 4.79 Å². The zero-order valence-corrected chi connectivity index (χ0v) is 12.2. The molecule has 0 N–H and O–H groups in total. The molecule has 3 rings (SSSR count). The highest BCUT2D eigenvalue weighted by atomic mass is 19.1. The predicted octanol–water partition coefficient (Wildman–Crippen LogP) is 2.30. The summed E-state index contributed by atoms with van der Waals surface area (Å²) in [4.78, 5) is 18.0. The second kappa shape index (κ2) is 4.65. The average molecular weight is 289 g/mol. The minimum atomic E-state index is -0.712. The third-order valence-electron chi connectivity index (χ3n) is 3.77. The van der Waals surface area contributed by atoms with Gasteiger partial charge < -0.3 is 9.42 Å². The van der Waals surface area contributed by atoms with Gasteiger partial charge in [-0.05, 0) is 37.5 Å². The van der Waals surface area contributed by atoms with Gasteiger partial charge in [-0.15, -0.1) is 0 Å². The Balaban J connectivity index is 1.96. The number of carbonyl (C=O) groups is 1. The lowest BCUT2D eigenvalue weighted by Gasteiger charge is -2.15. The Hall–Kier alpha value is -2.24. The molecule has 0 saturated heterocycles. The van der Waals surface area contributed by atoms with E-state index in [4.69, 9.17) is 4.52 Å². The molecule has 2 aromatic rings. The molecule has 0 radical (unpaired) electrons. The van der Waals surface area contributed by atoms with Crippen molar-refractivity contribution in [1.29, 1.82) is 0 Å². The van der Waals surface area contributed by atoms with E-state index >= 15 is 0 Å². The second-order valence-corrected chi connectivity index (χ2v) is 5.69. The van der Waals surface area contributed by atoms with Crippen molar-refractivity contribution in [2.45, 2.75) is 25.2 Å². The van der Waals surface area contributed by atoms with Gasteiger partial charge in [0.25, 0.3) is 0 Å². The maximum Gasteiger partial charge on any atom is 0.242 e. The van der Waals surface area contributed by atoms with Crippen LogP contribution in [0.4, 0.5) is 4.39 Å². The number of nitrogens with zero attached hydrogens (tertiary/aromatic N) is 3. The van der Waals surface area contributed by atoms with Crippen LogP contribution in [0.3, 0.4) is 0 Å². The van der Waals surface area contributed by atoms with E-state index in [1.54, 1.807) is 26.2 Å². The number of hydrogen-bond donors (Lipinski definition) is 0. The number of rotatable bonds is 3. The van der Waals surface area contributed by atoms with E-state index in [9.17, 15) is 9.18 Å². The van der Waals surface area contributed by atoms with Crippen LogP contribution in [-0.4, -0.2) is 35.0 Å². The van der Waals surface area contributed by atoms with Crippen molar-refractivity contribution in [1.82, 2.24) is 15.0 Å². The van der Waals surface area contributed by atoms with Crippen LogP contribution >= 0.6 is 0 Å². The van der Waals surface area contributed by atoms with Crippen molar-refractivity contribution in [3.8, 4) is 11.4 Å². The molecule has 1 aromatic carbocycles. The molecule has 1 heterocycles. The smallest absolute Gasteiger partial charge is 0.242 e. The zero-order valence-electron chi connectivity index (χ0n) is 12.2. The third kappa shape index (κ3) is 2.20. The van der Waals surface area contributed by atoms with Gasteiger partial charge in [0.1, 0.15) is 11.2 Å². The Kier molecular flexibility index (Phi) is 3.04. The lowest BCUT2D eigenvalue weighted by molar-refractivity contribution is -0.132. The summed E-state index contributed by atoms with van der Waals surface area (Å²) in [5, 5.41) is 3.83. The van der Waals surface area contributed by atoms with Gasteiger partial charge in [-0.25, -0.2) is 4.39 Å². The first kappa shape index (κ1) is 13.7. The molecule has 1 aromatic heterocycles. The fourth-order valence-corrected chi connectivity index (χ4v) is 2.40. The van der Waals surface area contributed by atoms with Gasteiger partial charge in [0, 0.05) is 14.1 Å². The number of carbonyl (C=O) groups excluding carboxylic acids is 1. The molecule has 0 bridgehead atoms. The van der Waals surface area contributed by atoms with Crippen molar-refractivity contribution in [3.05, 3.63) is 35.5 Å². The van der Waals surface area contributed by atoms with Crippen LogP contribution in [-0.2, 0) is 10.2 Å². The van der Waals surface area contributed by atoms with Crippen LogP contribution in [0.5, 0.6) is 0 Å². The number of amides is 1. The summed E-state index contributed by atoms with van der Waals surface area (Å²) in [7, 11) is 3.39. The Morgan fingerprint density at radius 3 is 2.67 bits per heavy atom. The highest BCUT2D eigenvalue weighted by Crippen LogP contribution is 2.49. The Labute approximate surface area is 121 Å². The lowest BCUT2D eigenvalue weighted by Crippen LogP contribution is -2.33. The van der Waals surface area contributed by atoms with Crippen molar-refractivity contribution < 1.29 is 13.7 Å². The van der Waals surface area contributed by atoms with Crippen molar-refractivity contribution in [3.63, 3.8) is 0 Å². The van der Waals surface area contributed by atoms with Crippen LogP contribution in [0, 0.1) is 12.7 Å². The van der Waals surface area contributed by atoms with Gasteiger partial charge in [0.05, 0.1) is 5.56 Å². The van der Waals surface area contributed by atoms with Crippen LogP contribution in [0.2, 0.25) is 0 Å². The van der Waals surface area contributed by atoms with E-state index in [-0.39, 0.29) is 23.2 Å². The normalized spacial score (nSPS) is 15.8. The molecule has 0 atom stereocenters. The Morgan fingerprint density at radius 1 is 1.38 bits per heavy atom. The van der Waals surface area contributed by atoms with E-state index in [2.05, 4.69) is 10.1 Å². The molecular weight excluding hydrogens is 273 g/mol. The highest BCUT2D eigenvalue weighted by Gasteiger charge is 2.56. The number of aryl methyl sites for hydroxylation is 1. The molecule has 21 heavy (non-hydrogen) atoms. The molecule has 0 unspecified atom stereocenters. The van der Waals surface area contributed by atoms with E-state index in [1.807, 2.05) is 6.92 Å². The van der Waals surface area contributed by atoms with Gasteiger partial charge in [0.2, 0.25) is 17.6 Å². The predicted molar refractivity (Wildman–Crippen MR) is 74.0 cm³/mol. The topological polar surface area (TPSA) is 59.2 Å². The minimum Gasteiger partial charge on any atom is -0.348 e. The molecule has 5 nitrogen and oxygen atoms in total. The van der Waals surface area contributed by atoms with E-state index in [0.29, 0.717) is 12.8 Å². The molecule has 1 amide bonds. The standard InChI is InChI=1S/C15H16FN3O2/c1-9-4-5-10(11(16)8-9)12-17-13(21-18-12)15(6-7-15)14(20)19(2)3/h4-5,8H,6-7H2,1-3H3. The van der Waals surface area contributed by atoms with Crippen molar-refractivity contribution >= 4 is 5.91 Å². The van der Waals surface area contributed by atoms with Crippen LogP contribution in [0.25, 0.3) is 11.4 Å². The molecule has 1 aliphatic carbocycles. The summed E-state index contributed by atoms with van der Waals surface area (Å²) < 4.78 is 19.2. The van der Waals surface area contributed by atoms with E-state index in [1.165, 1.54) is 11.0 Å².